The maximum absolute atomic E-state index is 11.5. The Bertz CT molecular complexity index is 492. The fourth-order valence-electron chi connectivity index (χ4n) is 2.50. The van der Waals surface area contributed by atoms with E-state index in [9.17, 15) is 4.79 Å². The molecule has 0 aliphatic heterocycles. The van der Waals surface area contributed by atoms with Gasteiger partial charge < -0.3 is 14.2 Å². The quantitative estimate of drug-likeness (QED) is 0.751. The zero-order valence-corrected chi connectivity index (χ0v) is 13.3. The summed E-state index contributed by atoms with van der Waals surface area (Å²) in [6, 6.07) is 0. The smallest absolute Gasteiger partial charge is 0.306 e. The minimum Gasteiger partial charge on any atom is -0.496 e. The maximum Gasteiger partial charge on any atom is 0.306 e. The lowest BCUT2D eigenvalue weighted by Gasteiger charge is -2.20. The van der Waals surface area contributed by atoms with E-state index in [1.807, 2.05) is 27.7 Å². The second-order valence-corrected chi connectivity index (χ2v) is 4.73. The third-order valence-electron chi connectivity index (χ3n) is 3.60. The molecule has 0 unspecified atom stereocenters. The molecular formula is C16H24O4. The summed E-state index contributed by atoms with van der Waals surface area (Å²) in [5, 5.41) is 0. The number of carbonyl (C=O) groups excluding carboxylic acids is 1. The van der Waals surface area contributed by atoms with Crippen LogP contribution in [0.3, 0.4) is 0 Å². The van der Waals surface area contributed by atoms with Gasteiger partial charge in [-0.3, -0.25) is 4.79 Å². The average Bonchev–Trinajstić information content (AvgIpc) is 2.42. The second-order valence-electron chi connectivity index (χ2n) is 4.73. The first kappa shape index (κ1) is 16.3. The molecule has 1 aromatic carbocycles. The molecule has 0 aliphatic carbocycles. The van der Waals surface area contributed by atoms with Crippen molar-refractivity contribution in [2.24, 2.45) is 0 Å². The van der Waals surface area contributed by atoms with Crippen molar-refractivity contribution in [3.63, 3.8) is 0 Å². The van der Waals surface area contributed by atoms with Crippen molar-refractivity contribution in [1.29, 1.82) is 0 Å². The molecule has 0 aliphatic rings. The number of rotatable bonds is 6. The van der Waals surface area contributed by atoms with E-state index in [4.69, 9.17) is 14.2 Å². The Balaban J connectivity index is 3.16. The van der Waals surface area contributed by atoms with Gasteiger partial charge in [0.15, 0.2) is 0 Å². The van der Waals surface area contributed by atoms with Gasteiger partial charge in [0.05, 0.1) is 20.8 Å². The number of hydrogen-bond donors (Lipinski definition) is 0. The van der Waals surface area contributed by atoms with Gasteiger partial charge in [0.1, 0.15) is 11.5 Å². The van der Waals surface area contributed by atoms with E-state index in [0.29, 0.717) is 19.4 Å². The number of methoxy groups -OCH3 is 2. The van der Waals surface area contributed by atoms with E-state index >= 15 is 0 Å². The number of benzene rings is 1. The maximum atomic E-state index is 11.5. The van der Waals surface area contributed by atoms with Crippen LogP contribution >= 0.6 is 0 Å². The Kier molecular flexibility index (Phi) is 5.86. The Morgan fingerprint density at radius 3 is 2.00 bits per heavy atom. The number of ether oxygens (including phenoxy) is 3. The van der Waals surface area contributed by atoms with Crippen LogP contribution in [0.2, 0.25) is 0 Å². The molecular weight excluding hydrogens is 256 g/mol. The van der Waals surface area contributed by atoms with Crippen LogP contribution in [0.5, 0.6) is 11.5 Å². The van der Waals surface area contributed by atoms with E-state index in [2.05, 4.69) is 0 Å². The molecule has 20 heavy (non-hydrogen) atoms. The molecule has 0 atom stereocenters. The summed E-state index contributed by atoms with van der Waals surface area (Å²) < 4.78 is 16.0. The van der Waals surface area contributed by atoms with Crippen molar-refractivity contribution in [3.05, 3.63) is 22.3 Å². The van der Waals surface area contributed by atoms with Gasteiger partial charge in [-0.1, -0.05) is 0 Å². The monoisotopic (exact) mass is 280 g/mol. The van der Waals surface area contributed by atoms with E-state index in [0.717, 1.165) is 33.8 Å². The summed E-state index contributed by atoms with van der Waals surface area (Å²) in [6.45, 7) is 8.23. The van der Waals surface area contributed by atoms with Crippen molar-refractivity contribution in [2.75, 3.05) is 20.8 Å². The molecule has 0 spiro atoms. The lowest BCUT2D eigenvalue weighted by Crippen LogP contribution is -2.09. The molecule has 0 saturated heterocycles. The second kappa shape index (κ2) is 7.17. The Morgan fingerprint density at radius 2 is 1.50 bits per heavy atom. The van der Waals surface area contributed by atoms with Gasteiger partial charge in [-0.25, -0.2) is 0 Å². The Morgan fingerprint density at radius 1 is 0.950 bits per heavy atom. The molecule has 1 rings (SSSR count). The summed E-state index contributed by atoms with van der Waals surface area (Å²) in [6.07, 6.45) is 0.933. The first-order chi connectivity index (χ1) is 9.47. The largest absolute Gasteiger partial charge is 0.496 e. The molecule has 4 heteroatoms. The fraction of sp³-hybridized carbons (Fsp3) is 0.562. The van der Waals surface area contributed by atoms with Crippen molar-refractivity contribution in [2.45, 2.75) is 40.5 Å². The molecule has 0 amide bonds. The number of esters is 1. The van der Waals surface area contributed by atoms with Gasteiger partial charge >= 0.3 is 5.97 Å². The summed E-state index contributed by atoms with van der Waals surface area (Å²) in [7, 11) is 3.32. The van der Waals surface area contributed by atoms with Crippen LogP contribution in [-0.2, 0) is 16.0 Å². The molecule has 0 heterocycles. The third-order valence-corrected chi connectivity index (χ3v) is 3.60. The van der Waals surface area contributed by atoms with Crippen LogP contribution in [0.25, 0.3) is 0 Å². The van der Waals surface area contributed by atoms with Gasteiger partial charge in [-0.05, 0) is 50.8 Å². The summed E-state index contributed by atoms with van der Waals surface area (Å²) in [4.78, 5) is 11.5. The molecule has 0 N–H and O–H groups in total. The highest BCUT2D eigenvalue weighted by atomic mass is 16.5. The van der Waals surface area contributed by atoms with E-state index in [1.165, 1.54) is 0 Å². The highest BCUT2D eigenvalue weighted by Crippen LogP contribution is 2.38. The lowest BCUT2D eigenvalue weighted by atomic mass is 9.94. The Labute approximate surface area is 121 Å². The Hall–Kier alpha value is -1.71. The van der Waals surface area contributed by atoms with Crippen LogP contribution in [0.4, 0.5) is 0 Å². The average molecular weight is 280 g/mol. The zero-order chi connectivity index (χ0) is 15.3. The van der Waals surface area contributed by atoms with Gasteiger partial charge in [0.2, 0.25) is 0 Å². The van der Waals surface area contributed by atoms with Gasteiger partial charge in [0, 0.05) is 12.0 Å². The van der Waals surface area contributed by atoms with E-state index < -0.39 is 0 Å². The summed E-state index contributed by atoms with van der Waals surface area (Å²) >= 11 is 0. The van der Waals surface area contributed by atoms with Gasteiger partial charge in [0.25, 0.3) is 0 Å². The lowest BCUT2D eigenvalue weighted by molar-refractivity contribution is -0.143. The predicted octanol–water partition coefficient (Wildman–Crippen LogP) is 3.12. The normalized spacial score (nSPS) is 10.3. The predicted molar refractivity (Wildman–Crippen MR) is 78.7 cm³/mol. The van der Waals surface area contributed by atoms with E-state index in [1.54, 1.807) is 14.2 Å². The molecule has 0 fully saturated rings. The SMILES string of the molecule is CCOC(=O)CCc1c(C)c(OC)c(C)c(C)c1OC. The third kappa shape index (κ3) is 3.24. The summed E-state index contributed by atoms with van der Waals surface area (Å²) in [5.41, 5.74) is 4.16. The first-order valence-electron chi connectivity index (χ1n) is 6.84. The van der Waals surface area contributed by atoms with E-state index in [-0.39, 0.29) is 5.97 Å². The van der Waals surface area contributed by atoms with Crippen molar-refractivity contribution >= 4 is 5.97 Å². The minimum atomic E-state index is -0.189. The van der Waals surface area contributed by atoms with Crippen LogP contribution in [0.1, 0.15) is 35.6 Å². The van der Waals surface area contributed by atoms with Crippen molar-refractivity contribution in [3.8, 4) is 11.5 Å². The number of carbonyl (C=O) groups is 1. The molecule has 4 nitrogen and oxygen atoms in total. The highest BCUT2D eigenvalue weighted by Gasteiger charge is 2.19. The van der Waals surface area contributed by atoms with Crippen molar-refractivity contribution < 1.29 is 19.0 Å². The van der Waals surface area contributed by atoms with Crippen LogP contribution in [0, 0.1) is 20.8 Å². The van der Waals surface area contributed by atoms with Crippen LogP contribution in [0.15, 0.2) is 0 Å². The van der Waals surface area contributed by atoms with Crippen LogP contribution in [-0.4, -0.2) is 26.8 Å². The molecule has 0 aromatic heterocycles. The topological polar surface area (TPSA) is 44.8 Å². The first-order valence-corrected chi connectivity index (χ1v) is 6.84. The minimum absolute atomic E-state index is 0.189. The molecule has 112 valence electrons. The highest BCUT2D eigenvalue weighted by molar-refractivity contribution is 5.70. The van der Waals surface area contributed by atoms with Crippen molar-refractivity contribution in [1.82, 2.24) is 0 Å². The molecule has 0 saturated carbocycles. The zero-order valence-electron chi connectivity index (χ0n) is 13.3. The van der Waals surface area contributed by atoms with Crippen LogP contribution < -0.4 is 9.47 Å². The van der Waals surface area contributed by atoms with Gasteiger partial charge in [-0.2, -0.15) is 0 Å². The fourth-order valence-corrected chi connectivity index (χ4v) is 2.50. The molecule has 0 bridgehead atoms. The molecule has 0 radical (unpaired) electrons. The van der Waals surface area contributed by atoms with Gasteiger partial charge in [-0.15, -0.1) is 0 Å². The summed E-state index contributed by atoms with van der Waals surface area (Å²) in [5.74, 6) is 1.51. The standard InChI is InChI=1S/C16H24O4/c1-7-20-14(17)9-8-13-12(4)15(18-5)10(2)11(3)16(13)19-6/h7-9H2,1-6H3. The molecule has 1 aromatic rings. The number of hydrogen-bond acceptors (Lipinski definition) is 4.